The number of amides is 1. The van der Waals surface area contributed by atoms with E-state index in [1.54, 1.807) is 19.2 Å². The molecule has 7 heteroatoms. The van der Waals surface area contributed by atoms with Gasteiger partial charge in [0.25, 0.3) is 5.91 Å². The van der Waals surface area contributed by atoms with Gasteiger partial charge in [0.05, 0.1) is 32.5 Å². The predicted octanol–water partition coefficient (Wildman–Crippen LogP) is 6.62. The van der Waals surface area contributed by atoms with E-state index in [9.17, 15) is 4.79 Å². The van der Waals surface area contributed by atoms with E-state index in [0.29, 0.717) is 54.8 Å². The monoisotopic (exact) mass is 549 g/mol. The van der Waals surface area contributed by atoms with Crippen molar-refractivity contribution in [3.05, 3.63) is 83.4 Å². The van der Waals surface area contributed by atoms with Crippen LogP contribution in [-0.2, 0) is 17.8 Å². The van der Waals surface area contributed by atoms with Crippen LogP contribution in [0.1, 0.15) is 62.5 Å². The molecule has 3 aromatic rings. The Morgan fingerprint density at radius 2 is 1.48 bits per heavy atom. The minimum Gasteiger partial charge on any atom is -0.493 e. The summed E-state index contributed by atoms with van der Waals surface area (Å²) in [5.74, 6) is 2.35. The Hall–Kier alpha value is -3.71. The van der Waals surface area contributed by atoms with E-state index in [4.69, 9.17) is 23.7 Å². The molecule has 0 spiro atoms. The van der Waals surface area contributed by atoms with Crippen molar-refractivity contribution in [2.24, 2.45) is 0 Å². The Bertz CT molecular complexity index is 1170. The van der Waals surface area contributed by atoms with Crippen molar-refractivity contribution in [3.63, 3.8) is 0 Å². The SMILES string of the molecule is CCC(Cc1ccc(OC)c(OCCOCc2ccccc2)c1)NC(=O)c1cc(OC(C)C)cc(OC(C)C)c1. The fourth-order valence-electron chi connectivity index (χ4n) is 4.17. The van der Waals surface area contributed by atoms with Crippen LogP contribution >= 0.6 is 0 Å². The summed E-state index contributed by atoms with van der Waals surface area (Å²) in [4.78, 5) is 13.3. The maximum absolute atomic E-state index is 13.3. The number of rotatable bonds is 16. The fraction of sp³-hybridized carbons (Fsp3) is 0.424. The van der Waals surface area contributed by atoms with Crippen LogP contribution in [0.15, 0.2) is 66.7 Å². The first-order chi connectivity index (χ1) is 19.3. The molecule has 0 heterocycles. The molecule has 1 amide bonds. The lowest BCUT2D eigenvalue weighted by Crippen LogP contribution is -2.36. The summed E-state index contributed by atoms with van der Waals surface area (Å²) in [5.41, 5.74) is 2.66. The van der Waals surface area contributed by atoms with Crippen molar-refractivity contribution < 1.29 is 28.5 Å². The van der Waals surface area contributed by atoms with Gasteiger partial charge in [-0.3, -0.25) is 4.79 Å². The maximum Gasteiger partial charge on any atom is 0.251 e. The van der Waals surface area contributed by atoms with Gasteiger partial charge in [-0.05, 0) is 75.9 Å². The third-order valence-electron chi connectivity index (χ3n) is 6.02. The first kappa shape index (κ1) is 30.8. The zero-order valence-electron chi connectivity index (χ0n) is 24.6. The minimum absolute atomic E-state index is 0.0180. The third-order valence-corrected chi connectivity index (χ3v) is 6.02. The molecule has 0 radical (unpaired) electrons. The number of hydrogen-bond acceptors (Lipinski definition) is 6. The molecule has 0 aliphatic heterocycles. The molecule has 0 fully saturated rings. The smallest absolute Gasteiger partial charge is 0.251 e. The predicted molar refractivity (Wildman–Crippen MR) is 158 cm³/mol. The highest BCUT2D eigenvalue weighted by atomic mass is 16.5. The van der Waals surface area contributed by atoms with Crippen LogP contribution < -0.4 is 24.3 Å². The molecule has 7 nitrogen and oxygen atoms in total. The molecular formula is C33H43NO6. The Morgan fingerprint density at radius 1 is 0.800 bits per heavy atom. The Balaban J connectivity index is 1.62. The van der Waals surface area contributed by atoms with Crippen LogP contribution in [0.5, 0.6) is 23.0 Å². The van der Waals surface area contributed by atoms with Crippen molar-refractivity contribution in [1.82, 2.24) is 5.32 Å². The highest BCUT2D eigenvalue weighted by molar-refractivity contribution is 5.95. The Morgan fingerprint density at radius 3 is 2.08 bits per heavy atom. The second-order valence-electron chi connectivity index (χ2n) is 10.2. The lowest BCUT2D eigenvalue weighted by molar-refractivity contribution is 0.0879. The van der Waals surface area contributed by atoms with E-state index >= 15 is 0 Å². The molecule has 3 rings (SSSR count). The molecule has 216 valence electrons. The standard InChI is InChI=1S/C33H43NO6/c1-7-28(34-33(35)27-19-29(39-23(2)3)21-30(20-27)40-24(4)5)17-26-13-14-31(36-6)32(18-26)38-16-15-37-22-25-11-9-8-10-12-25/h8-14,18-21,23-24,28H,7,15-17,22H2,1-6H3,(H,34,35). The highest BCUT2D eigenvalue weighted by Gasteiger charge is 2.17. The maximum atomic E-state index is 13.3. The van der Waals surface area contributed by atoms with Gasteiger partial charge in [-0.1, -0.05) is 43.3 Å². The molecule has 0 saturated carbocycles. The van der Waals surface area contributed by atoms with Crippen molar-refractivity contribution in [1.29, 1.82) is 0 Å². The van der Waals surface area contributed by atoms with Crippen LogP contribution in [-0.4, -0.2) is 44.5 Å². The van der Waals surface area contributed by atoms with Crippen molar-refractivity contribution in [3.8, 4) is 23.0 Å². The van der Waals surface area contributed by atoms with Crippen LogP contribution in [0.4, 0.5) is 0 Å². The molecule has 1 unspecified atom stereocenters. The molecular weight excluding hydrogens is 506 g/mol. The van der Waals surface area contributed by atoms with Gasteiger partial charge in [0.1, 0.15) is 18.1 Å². The number of hydrogen-bond donors (Lipinski definition) is 1. The molecule has 1 N–H and O–H groups in total. The second kappa shape index (κ2) is 15.8. The van der Waals surface area contributed by atoms with Gasteiger partial charge in [0.15, 0.2) is 11.5 Å². The van der Waals surface area contributed by atoms with Gasteiger partial charge in [-0.25, -0.2) is 0 Å². The lowest BCUT2D eigenvalue weighted by atomic mass is 10.0. The molecule has 1 atom stereocenters. The van der Waals surface area contributed by atoms with E-state index in [1.807, 2.05) is 82.3 Å². The average Bonchev–Trinajstić information content (AvgIpc) is 2.92. The van der Waals surface area contributed by atoms with Gasteiger partial charge in [-0.15, -0.1) is 0 Å². The van der Waals surface area contributed by atoms with Gasteiger partial charge < -0.3 is 29.0 Å². The molecule has 3 aromatic carbocycles. The van der Waals surface area contributed by atoms with Crippen molar-refractivity contribution >= 4 is 5.91 Å². The van der Waals surface area contributed by atoms with Crippen molar-refractivity contribution in [2.45, 2.75) is 72.3 Å². The third kappa shape index (κ3) is 10.1. The minimum atomic E-state index is -0.171. The number of nitrogens with one attached hydrogen (secondary N) is 1. The fourth-order valence-corrected chi connectivity index (χ4v) is 4.17. The van der Waals surface area contributed by atoms with Gasteiger partial charge >= 0.3 is 0 Å². The second-order valence-corrected chi connectivity index (χ2v) is 10.2. The van der Waals surface area contributed by atoms with Gasteiger partial charge in [0.2, 0.25) is 0 Å². The van der Waals surface area contributed by atoms with Gasteiger partial charge in [0, 0.05) is 17.7 Å². The first-order valence-corrected chi connectivity index (χ1v) is 14.0. The average molecular weight is 550 g/mol. The lowest BCUT2D eigenvalue weighted by Gasteiger charge is -2.20. The first-order valence-electron chi connectivity index (χ1n) is 14.0. The summed E-state index contributed by atoms with van der Waals surface area (Å²) in [6.07, 6.45) is 1.37. The molecule has 0 aliphatic carbocycles. The number of carbonyl (C=O) groups excluding carboxylic acids is 1. The highest BCUT2D eigenvalue weighted by Crippen LogP contribution is 2.29. The topological polar surface area (TPSA) is 75.2 Å². The van der Waals surface area contributed by atoms with E-state index < -0.39 is 0 Å². The summed E-state index contributed by atoms with van der Waals surface area (Å²) in [5, 5.41) is 3.17. The molecule has 0 aliphatic rings. The number of methoxy groups -OCH3 is 1. The van der Waals surface area contributed by atoms with Crippen LogP contribution in [0.25, 0.3) is 0 Å². The van der Waals surface area contributed by atoms with E-state index in [0.717, 1.165) is 17.5 Å². The van der Waals surface area contributed by atoms with E-state index in [1.165, 1.54) is 0 Å². The summed E-state index contributed by atoms with van der Waals surface area (Å²) in [6.45, 7) is 11.3. The Kier molecular flexibility index (Phi) is 12.2. The van der Waals surface area contributed by atoms with Crippen molar-refractivity contribution in [2.75, 3.05) is 20.3 Å². The molecule has 0 bridgehead atoms. The number of benzene rings is 3. The zero-order chi connectivity index (χ0) is 28.9. The summed E-state index contributed by atoms with van der Waals surface area (Å²) >= 11 is 0. The van der Waals surface area contributed by atoms with Crippen LogP contribution in [0.2, 0.25) is 0 Å². The van der Waals surface area contributed by atoms with E-state index in [2.05, 4.69) is 12.2 Å². The van der Waals surface area contributed by atoms with Crippen LogP contribution in [0.3, 0.4) is 0 Å². The van der Waals surface area contributed by atoms with Gasteiger partial charge in [-0.2, -0.15) is 0 Å². The molecule has 0 aromatic heterocycles. The largest absolute Gasteiger partial charge is 0.493 e. The normalized spacial score (nSPS) is 11.8. The quantitative estimate of drug-likeness (QED) is 0.203. The Labute approximate surface area is 238 Å². The zero-order valence-corrected chi connectivity index (χ0v) is 24.6. The summed E-state index contributed by atoms with van der Waals surface area (Å²) in [6, 6.07) is 21.2. The van der Waals surface area contributed by atoms with E-state index in [-0.39, 0.29) is 24.2 Å². The number of ether oxygens (including phenoxy) is 5. The summed E-state index contributed by atoms with van der Waals surface area (Å²) < 4.78 is 29.0. The molecule has 40 heavy (non-hydrogen) atoms. The number of carbonyl (C=O) groups is 1. The summed E-state index contributed by atoms with van der Waals surface area (Å²) in [7, 11) is 1.62. The molecule has 0 saturated heterocycles. The van der Waals surface area contributed by atoms with Crippen LogP contribution in [0, 0.1) is 0 Å².